The minimum atomic E-state index is -5.21. The van der Waals surface area contributed by atoms with Gasteiger partial charge in [-0.3, -0.25) is 27.3 Å². The number of nitrogen functional groups attached to an aromatic ring is 3. The number of aliphatic hydroxyl groups is 6. The van der Waals surface area contributed by atoms with Crippen LogP contribution in [0.4, 0.5) is 17.5 Å². The van der Waals surface area contributed by atoms with Gasteiger partial charge in [-0.05, 0) is 0 Å². The predicted molar refractivity (Wildman–Crippen MR) is 228 cm³/mol. The number of aromatic nitrogens is 12. The van der Waals surface area contributed by atoms with E-state index in [9.17, 15) is 44.3 Å². The van der Waals surface area contributed by atoms with Crippen molar-refractivity contribution in [3.63, 3.8) is 0 Å². The van der Waals surface area contributed by atoms with Crippen LogP contribution in [0.3, 0.4) is 0 Å². The van der Waals surface area contributed by atoms with Crippen LogP contribution in [0.25, 0.3) is 33.5 Å². The summed E-state index contributed by atoms with van der Waals surface area (Å²) in [4.78, 5) is 36.1. The summed E-state index contributed by atoms with van der Waals surface area (Å²) < 4.78 is 109. The Morgan fingerprint density at radius 2 is 0.845 bits per heavy atom. The van der Waals surface area contributed by atoms with Gasteiger partial charge in [-0.15, -0.1) is 0 Å². The first-order valence-electron chi connectivity index (χ1n) is 20.3. The maximum Gasteiger partial charge on any atom is 0.488 e. The highest BCUT2D eigenvalue weighted by Crippen LogP contribution is 2.86. The molecule has 0 saturated carbocycles. The first-order valence-corrected chi connectivity index (χ1v) is 26.8. The normalized spacial score (nSPS) is 36.9. The maximum atomic E-state index is 14.3. The Morgan fingerprint density at radius 3 is 1.18 bits per heavy atom. The molecule has 382 valence electrons. The second-order valence-electron chi connectivity index (χ2n) is 15.6. The summed E-state index contributed by atoms with van der Waals surface area (Å²) >= 11 is 0. The second-order valence-corrected chi connectivity index (χ2v) is 23.8. The Labute approximate surface area is 396 Å². The summed E-state index contributed by atoms with van der Waals surface area (Å²) in [5.74, 6) is 0.115. The molecule has 71 heavy (non-hydrogen) atoms. The molecule has 0 unspecified atom stereocenters. The lowest BCUT2D eigenvalue weighted by Crippen LogP contribution is -2.34. The fourth-order valence-corrected chi connectivity index (χ4v) is 15.7. The third-order valence-corrected chi connectivity index (χ3v) is 20.6. The molecule has 12 N–H and O–H groups in total. The van der Waals surface area contributed by atoms with E-state index in [1.165, 1.54) is 32.7 Å². The van der Waals surface area contributed by atoms with Gasteiger partial charge in [0.15, 0.2) is 53.1 Å². The first kappa shape index (κ1) is 49.1. The van der Waals surface area contributed by atoms with E-state index in [1.807, 2.05) is 0 Å². The van der Waals surface area contributed by atoms with E-state index in [0.717, 1.165) is 19.0 Å². The van der Waals surface area contributed by atoms with Crippen molar-refractivity contribution in [2.75, 3.05) is 37.0 Å². The SMILES string of the molecule is Nc1ncnc2c1ncn2[C@@H]1O[C@H](COP(=O)(OP2OP(=O)(OC[C@H]3O[C@@H](n4cnc5c(N)ncnc54)[C@H](O)[C@@H]3O)O2)OP2OP(=O)(OC[C@H]3O[C@@H](n4cnc5c(N)ncnc54)[C@H](O)[C@@H]3O)O2)[C@@H](O)[C@H]1O. The molecule has 0 amide bonds. The third-order valence-electron chi connectivity index (χ3n) is 11.2. The number of imidazole rings is 3. The standard InChI is InChI=1S/C30H36N15O21P5/c31-22-13-25(37-4-34-22)43(7-40-13)28-19(49)16(46)10(58-28)1-55-69(52)61-67(62-69)65-71(54,57-3-12-18(48)21(51)30(60-12)45-9-42-15-24(33)36-6-39-27(15)45)66-68-63-70(53,64-68)56-2-11-17(47)20(50)29(59-11)44-8-41-14-23(32)35-5-38-26(14)44/h4-12,16-21,28-30,46-51H,1-3H2,(H2,31,34,37)(H2,32,35,38)(H2,33,36,39)/t10-,11-,12-,16-,17-,18-,19-,20-,21-,28-,29-,30-,67?,68?,69?,70?,71?/m1/s1. The summed E-state index contributed by atoms with van der Waals surface area (Å²) in [6.45, 7) is -2.30. The number of nitrogens with two attached hydrogens (primary N) is 3. The zero-order chi connectivity index (χ0) is 49.7. The second kappa shape index (κ2) is 18.7. The van der Waals surface area contributed by atoms with Gasteiger partial charge in [-0.25, -0.2) is 84.4 Å². The average molecular weight is 1100 g/mol. The van der Waals surface area contributed by atoms with Crippen LogP contribution < -0.4 is 17.2 Å². The molecule has 0 aromatic carbocycles. The molecule has 11 rings (SSSR count). The molecule has 36 nitrogen and oxygen atoms in total. The van der Waals surface area contributed by atoms with Crippen molar-refractivity contribution in [1.29, 1.82) is 0 Å². The summed E-state index contributed by atoms with van der Waals surface area (Å²) in [5, 5.41) is 65.0. The highest BCUT2D eigenvalue weighted by atomic mass is 31.4. The molecule has 41 heteroatoms. The molecule has 0 radical (unpaired) electrons. The van der Waals surface area contributed by atoms with Gasteiger partial charge in [-0.2, -0.15) is 0 Å². The molecular weight excluding hydrogens is 1060 g/mol. The molecule has 11 heterocycles. The van der Waals surface area contributed by atoms with Crippen molar-refractivity contribution in [2.45, 2.75) is 73.6 Å². The molecule has 0 bridgehead atoms. The summed E-state index contributed by atoms with van der Waals surface area (Å²) in [6, 6.07) is 0. The lowest BCUT2D eigenvalue weighted by molar-refractivity contribution is -0.0526. The Bertz CT molecular complexity index is 2980. The predicted octanol–water partition coefficient (Wildman–Crippen LogP) is -0.935. The molecule has 12 atom stereocenters. The fraction of sp³-hybridized carbons (Fsp3) is 0.500. The van der Waals surface area contributed by atoms with E-state index >= 15 is 0 Å². The monoisotopic (exact) mass is 1100 g/mol. The third kappa shape index (κ3) is 8.99. The van der Waals surface area contributed by atoms with Crippen LogP contribution in [0.2, 0.25) is 0 Å². The van der Waals surface area contributed by atoms with Crippen molar-refractivity contribution in [1.82, 2.24) is 58.6 Å². The average Bonchev–Trinajstić information content (AvgIpc) is 4.18. The van der Waals surface area contributed by atoms with Gasteiger partial charge in [-0.1, -0.05) is 0 Å². The number of aliphatic hydroxyl groups excluding tert-OH is 6. The Kier molecular flexibility index (Phi) is 12.9. The van der Waals surface area contributed by atoms with E-state index in [-0.39, 0.29) is 50.9 Å². The molecule has 5 fully saturated rings. The summed E-state index contributed by atoms with van der Waals surface area (Å²) in [6.07, 6.45) is -10.6. The van der Waals surface area contributed by atoms with Crippen LogP contribution >= 0.6 is 40.7 Å². The van der Waals surface area contributed by atoms with Crippen molar-refractivity contribution in [3.8, 4) is 0 Å². The van der Waals surface area contributed by atoms with Gasteiger partial charge in [0.1, 0.15) is 90.5 Å². The van der Waals surface area contributed by atoms with E-state index in [4.69, 9.17) is 70.8 Å². The number of nitrogens with zero attached hydrogens (tertiary/aromatic N) is 12. The minimum absolute atomic E-state index is 0.0172. The minimum Gasteiger partial charge on any atom is -0.387 e. The van der Waals surface area contributed by atoms with Crippen LogP contribution in [0, 0.1) is 0 Å². The molecule has 5 aliphatic rings. The molecule has 5 saturated heterocycles. The van der Waals surface area contributed by atoms with Crippen molar-refractivity contribution >= 4 is 91.6 Å². The van der Waals surface area contributed by atoms with Crippen molar-refractivity contribution in [3.05, 3.63) is 38.0 Å². The van der Waals surface area contributed by atoms with Crippen LogP contribution in [0.15, 0.2) is 38.0 Å². The lowest BCUT2D eigenvalue weighted by Gasteiger charge is -2.35. The van der Waals surface area contributed by atoms with E-state index in [2.05, 4.69) is 44.9 Å². The zero-order valence-corrected chi connectivity index (χ0v) is 39.6. The number of rotatable bonds is 16. The number of anilines is 3. The zero-order valence-electron chi connectivity index (χ0n) is 35.2. The fourth-order valence-electron chi connectivity index (χ4n) is 7.67. The van der Waals surface area contributed by atoms with Gasteiger partial charge in [0.25, 0.3) is 0 Å². The van der Waals surface area contributed by atoms with E-state index in [0.29, 0.717) is 0 Å². The quantitative estimate of drug-likeness (QED) is 0.0528. The number of phosphoric acid groups is 3. The molecule has 0 aliphatic carbocycles. The van der Waals surface area contributed by atoms with E-state index < -0.39 is 134 Å². The van der Waals surface area contributed by atoms with Gasteiger partial charge in [0, 0.05) is 0 Å². The number of hydrogen-bond acceptors (Lipinski definition) is 33. The summed E-state index contributed by atoms with van der Waals surface area (Å²) in [7, 11) is -20.2. The Hall–Kier alpha value is -4.12. The van der Waals surface area contributed by atoms with Gasteiger partial charge >= 0.3 is 40.7 Å². The first-order chi connectivity index (χ1) is 33.9. The van der Waals surface area contributed by atoms with Gasteiger partial charge in [0.2, 0.25) is 0 Å². The Morgan fingerprint density at radius 1 is 0.521 bits per heavy atom. The maximum absolute atomic E-state index is 14.3. The van der Waals surface area contributed by atoms with Gasteiger partial charge < -0.3 is 62.1 Å². The smallest absolute Gasteiger partial charge is 0.387 e. The van der Waals surface area contributed by atoms with Crippen LogP contribution in [0.1, 0.15) is 18.7 Å². The molecule has 0 spiro atoms. The number of fused-ring (bicyclic) bond motifs is 3. The highest BCUT2D eigenvalue weighted by molar-refractivity contribution is 7.78. The highest BCUT2D eigenvalue weighted by Gasteiger charge is 2.59. The summed E-state index contributed by atoms with van der Waals surface area (Å²) in [5.41, 5.74) is 18.6. The van der Waals surface area contributed by atoms with Crippen LogP contribution in [-0.2, 0) is 67.3 Å². The number of hydrogen-bond donors (Lipinski definition) is 9. The van der Waals surface area contributed by atoms with Gasteiger partial charge in [0.05, 0.1) is 38.8 Å². The van der Waals surface area contributed by atoms with Crippen LogP contribution in [0.5, 0.6) is 0 Å². The molecule has 5 aliphatic heterocycles. The van der Waals surface area contributed by atoms with Crippen LogP contribution in [-0.4, -0.2) is 164 Å². The molecular formula is C30H36N15O21P5. The molecule has 6 aromatic rings. The molecule has 6 aromatic heterocycles. The Balaban J connectivity index is 0.732. The number of ether oxygens (including phenoxy) is 3. The van der Waals surface area contributed by atoms with Crippen molar-refractivity contribution in [2.24, 2.45) is 0 Å². The topological polar surface area (TPSA) is 492 Å². The largest absolute Gasteiger partial charge is 0.488 e. The van der Waals surface area contributed by atoms with E-state index in [1.54, 1.807) is 0 Å². The van der Waals surface area contributed by atoms with Crippen molar-refractivity contribution < 1.29 is 98.0 Å². The lowest BCUT2D eigenvalue weighted by atomic mass is 10.1.